The van der Waals surface area contributed by atoms with Gasteiger partial charge in [-0.3, -0.25) is 4.99 Å². The molecule has 6 heteroatoms. The quantitative estimate of drug-likeness (QED) is 0.0268. The summed E-state index contributed by atoms with van der Waals surface area (Å²) in [5.41, 5.74) is 2.99. The summed E-state index contributed by atoms with van der Waals surface area (Å²) in [6, 6.07) is 18.4. The first-order valence-corrected chi connectivity index (χ1v) is 25.6. The van der Waals surface area contributed by atoms with E-state index in [1.165, 1.54) is 179 Å². The van der Waals surface area contributed by atoms with Crippen molar-refractivity contribution in [3.63, 3.8) is 0 Å². The highest BCUT2D eigenvalue weighted by Crippen LogP contribution is 2.29. The lowest BCUT2D eigenvalue weighted by Gasteiger charge is -2.14. The van der Waals surface area contributed by atoms with Gasteiger partial charge >= 0.3 is 5.97 Å². The monoisotopic (exact) mass is 854 g/mol. The zero-order valence-electron chi connectivity index (χ0n) is 39.7. The van der Waals surface area contributed by atoms with Crippen LogP contribution >= 0.6 is 0 Å². The molecular weight excluding hydrogens is 767 g/mol. The zero-order valence-corrected chi connectivity index (χ0v) is 39.7. The van der Waals surface area contributed by atoms with Gasteiger partial charge in [-0.15, -0.1) is 0 Å². The molecule has 3 rings (SSSR count). The third-order valence-corrected chi connectivity index (χ3v) is 12.0. The van der Waals surface area contributed by atoms with Gasteiger partial charge in [0.15, 0.2) is 0 Å². The molecule has 0 aliphatic carbocycles. The number of nitrogens with zero attached hydrogens (tertiary/aromatic N) is 1. The first-order chi connectivity index (χ1) is 30.5. The minimum absolute atomic E-state index is 0.0138. The van der Waals surface area contributed by atoms with Gasteiger partial charge in [0, 0.05) is 23.9 Å². The Bertz CT molecular complexity index is 1580. The minimum Gasteiger partial charge on any atom is -0.507 e. The average molecular weight is 854 g/mol. The lowest BCUT2D eigenvalue weighted by molar-refractivity contribution is 0.0729. The summed E-state index contributed by atoms with van der Waals surface area (Å²) >= 11 is 0. The van der Waals surface area contributed by atoms with Crippen LogP contribution in [0.4, 0.5) is 5.69 Å². The molecule has 0 fully saturated rings. The molecular formula is C56H87NO5. The van der Waals surface area contributed by atoms with Gasteiger partial charge in [0.05, 0.1) is 18.9 Å². The van der Waals surface area contributed by atoms with Gasteiger partial charge in [0.2, 0.25) is 0 Å². The SMILES string of the molecule is CCCCCCCCCCCCCCCCOc1ccc(C(=O)Oc2ccc(C=Nc3ccc(CCCC)cc3)c(O)c2)c(OCCCCCCCCCCCCCCCC)c1. The zero-order chi connectivity index (χ0) is 44.1. The van der Waals surface area contributed by atoms with E-state index in [9.17, 15) is 9.90 Å². The Labute approximate surface area is 379 Å². The number of ether oxygens (including phenoxy) is 3. The molecule has 3 aromatic carbocycles. The number of phenols is 1. The maximum absolute atomic E-state index is 13.6. The number of carbonyl (C=O) groups excluding carboxylic acids is 1. The Kier molecular flexibility index (Phi) is 30.2. The lowest BCUT2D eigenvalue weighted by Crippen LogP contribution is -2.12. The normalized spacial score (nSPS) is 11.4. The number of aliphatic imine (C=N–C) groups is 1. The van der Waals surface area contributed by atoms with Crippen LogP contribution in [0.25, 0.3) is 0 Å². The van der Waals surface area contributed by atoms with Crippen molar-refractivity contribution in [2.75, 3.05) is 13.2 Å². The molecule has 62 heavy (non-hydrogen) atoms. The topological polar surface area (TPSA) is 77.4 Å². The fourth-order valence-corrected chi connectivity index (χ4v) is 7.98. The van der Waals surface area contributed by atoms with Crippen LogP contribution in [0, 0.1) is 0 Å². The van der Waals surface area contributed by atoms with Gasteiger partial charge in [-0.25, -0.2) is 4.79 Å². The Morgan fingerprint density at radius 2 is 0.952 bits per heavy atom. The van der Waals surface area contributed by atoms with Gasteiger partial charge in [0.1, 0.15) is 28.6 Å². The predicted octanol–water partition coefficient (Wildman–Crippen LogP) is 17.4. The molecule has 0 spiro atoms. The number of carbonyl (C=O) groups is 1. The van der Waals surface area contributed by atoms with Crippen molar-refractivity contribution < 1.29 is 24.1 Å². The maximum atomic E-state index is 13.6. The van der Waals surface area contributed by atoms with Gasteiger partial charge in [0.25, 0.3) is 0 Å². The van der Waals surface area contributed by atoms with Crippen LogP contribution in [0.2, 0.25) is 0 Å². The number of aryl methyl sites for hydroxylation is 1. The summed E-state index contributed by atoms with van der Waals surface area (Å²) in [5.74, 6) is 0.866. The summed E-state index contributed by atoms with van der Waals surface area (Å²) in [6.45, 7) is 7.92. The molecule has 0 aliphatic heterocycles. The van der Waals surface area contributed by atoms with Crippen LogP contribution in [0.5, 0.6) is 23.0 Å². The molecule has 3 aromatic rings. The summed E-state index contributed by atoms with van der Waals surface area (Å²) in [4.78, 5) is 18.1. The van der Waals surface area contributed by atoms with Crippen molar-refractivity contribution in [3.8, 4) is 23.0 Å². The minimum atomic E-state index is -0.538. The Morgan fingerprint density at radius 1 is 0.500 bits per heavy atom. The molecule has 0 radical (unpaired) electrons. The van der Waals surface area contributed by atoms with Gasteiger partial charge in [-0.2, -0.15) is 0 Å². The maximum Gasteiger partial charge on any atom is 0.347 e. The second-order valence-corrected chi connectivity index (χ2v) is 17.7. The summed E-state index contributed by atoms with van der Waals surface area (Å²) in [7, 11) is 0. The van der Waals surface area contributed by atoms with E-state index >= 15 is 0 Å². The summed E-state index contributed by atoms with van der Waals surface area (Å²) in [5, 5.41) is 10.8. The molecule has 6 nitrogen and oxygen atoms in total. The van der Waals surface area contributed by atoms with Crippen LogP contribution in [0.3, 0.4) is 0 Å². The largest absolute Gasteiger partial charge is 0.507 e. The highest BCUT2D eigenvalue weighted by molar-refractivity contribution is 5.94. The molecule has 0 saturated heterocycles. The molecule has 0 amide bonds. The van der Waals surface area contributed by atoms with E-state index in [-0.39, 0.29) is 11.5 Å². The number of hydrogen-bond acceptors (Lipinski definition) is 6. The van der Waals surface area contributed by atoms with E-state index in [1.54, 1.807) is 24.4 Å². The van der Waals surface area contributed by atoms with Crippen molar-refractivity contribution >= 4 is 17.9 Å². The van der Waals surface area contributed by atoms with Crippen molar-refractivity contribution in [2.45, 2.75) is 220 Å². The standard InChI is InChI=1S/C56H87NO5/c1-4-7-10-12-14-16-18-20-22-24-26-28-30-32-43-60-51-41-42-53(55(46-51)61-44-33-31-29-27-25-23-21-19-17-15-13-11-8-5-2)56(59)62-52-40-37-49(54(58)45-52)47-57-50-38-35-48(36-39-50)34-9-6-3/h35-42,45-47,58H,4-34,43-44H2,1-3H3. The summed E-state index contributed by atoms with van der Waals surface area (Å²) < 4.78 is 18.2. The molecule has 0 aromatic heterocycles. The second kappa shape index (κ2) is 35.6. The number of aromatic hydroxyl groups is 1. The summed E-state index contributed by atoms with van der Waals surface area (Å²) in [6.07, 6.45) is 41.7. The van der Waals surface area contributed by atoms with Crippen molar-refractivity contribution in [2.24, 2.45) is 4.99 Å². The van der Waals surface area contributed by atoms with E-state index in [0.717, 1.165) is 37.8 Å². The number of esters is 1. The molecule has 0 atom stereocenters. The van der Waals surface area contributed by atoms with Crippen LogP contribution in [-0.4, -0.2) is 30.5 Å². The molecule has 0 saturated carbocycles. The van der Waals surface area contributed by atoms with E-state index in [0.29, 0.717) is 35.8 Å². The Morgan fingerprint density at radius 3 is 1.44 bits per heavy atom. The number of hydrogen-bond donors (Lipinski definition) is 1. The number of phenolic OH excluding ortho intramolecular Hbond substituents is 1. The third kappa shape index (κ3) is 24.7. The number of unbranched alkanes of at least 4 members (excludes halogenated alkanes) is 27. The van der Waals surface area contributed by atoms with Crippen LogP contribution < -0.4 is 14.2 Å². The van der Waals surface area contributed by atoms with Crippen molar-refractivity contribution in [1.82, 2.24) is 0 Å². The highest BCUT2D eigenvalue weighted by atomic mass is 16.5. The fourth-order valence-electron chi connectivity index (χ4n) is 7.98. The highest BCUT2D eigenvalue weighted by Gasteiger charge is 2.18. The van der Waals surface area contributed by atoms with Gasteiger partial charge in [-0.1, -0.05) is 206 Å². The molecule has 346 valence electrons. The van der Waals surface area contributed by atoms with E-state index in [2.05, 4.69) is 37.9 Å². The van der Waals surface area contributed by atoms with E-state index in [4.69, 9.17) is 14.2 Å². The van der Waals surface area contributed by atoms with Crippen molar-refractivity contribution in [3.05, 3.63) is 77.4 Å². The number of benzene rings is 3. The van der Waals surface area contributed by atoms with Crippen LogP contribution in [0.1, 0.15) is 235 Å². The van der Waals surface area contributed by atoms with E-state index < -0.39 is 5.97 Å². The smallest absolute Gasteiger partial charge is 0.347 e. The van der Waals surface area contributed by atoms with Gasteiger partial charge in [-0.05, 0) is 67.6 Å². The van der Waals surface area contributed by atoms with Crippen LogP contribution in [0.15, 0.2) is 65.7 Å². The second-order valence-electron chi connectivity index (χ2n) is 17.7. The third-order valence-electron chi connectivity index (χ3n) is 12.0. The predicted molar refractivity (Wildman–Crippen MR) is 263 cm³/mol. The van der Waals surface area contributed by atoms with E-state index in [1.807, 2.05) is 24.3 Å². The fraction of sp³-hybridized carbons (Fsp3) is 0.643. The molecule has 0 aliphatic rings. The molecule has 0 heterocycles. The Balaban J connectivity index is 1.45. The molecule has 1 N–H and O–H groups in total. The van der Waals surface area contributed by atoms with Crippen LogP contribution in [-0.2, 0) is 6.42 Å². The molecule has 0 bridgehead atoms. The Hall–Kier alpha value is -3.80. The van der Waals surface area contributed by atoms with Crippen molar-refractivity contribution in [1.29, 1.82) is 0 Å². The first-order valence-electron chi connectivity index (χ1n) is 25.6. The van der Waals surface area contributed by atoms with Gasteiger partial charge < -0.3 is 19.3 Å². The molecule has 0 unspecified atom stereocenters. The number of rotatable bonds is 39. The average Bonchev–Trinajstić information content (AvgIpc) is 3.28. The lowest BCUT2D eigenvalue weighted by atomic mass is 10.0. The first kappa shape index (κ1) is 52.5.